The van der Waals surface area contributed by atoms with Gasteiger partial charge in [-0.25, -0.2) is 0 Å². The lowest BCUT2D eigenvalue weighted by molar-refractivity contribution is 0.100. The summed E-state index contributed by atoms with van der Waals surface area (Å²) in [6.07, 6.45) is 0. The Morgan fingerprint density at radius 2 is 0.446 bits per heavy atom. The van der Waals surface area contributed by atoms with Crippen LogP contribution < -0.4 is 0 Å². The highest BCUT2D eigenvalue weighted by atomic mass is 16.1. The largest absolute Gasteiger partial charge is 0.309 e. The van der Waals surface area contributed by atoms with Gasteiger partial charge in [-0.05, 0) is 121 Å². The lowest BCUT2D eigenvalue weighted by atomic mass is 9.93. The Balaban J connectivity index is 0.744. The van der Waals surface area contributed by atoms with E-state index in [-0.39, 0.29) is 11.6 Å². The molecule has 11 aromatic carbocycles. The summed E-state index contributed by atoms with van der Waals surface area (Å²) in [6.45, 7) is 0. The molecule has 0 N–H and O–H groups in total. The van der Waals surface area contributed by atoms with Crippen molar-refractivity contribution in [1.29, 1.82) is 0 Å². The summed E-state index contributed by atoms with van der Waals surface area (Å²) in [5.41, 5.74) is 14.8. The second kappa shape index (κ2) is 16.2. The standard InChI is InChI=1S/C68H42N4O2/c73-67(43-29-33-45(34-30-43)69-63-27-13-7-19-53(63)57-41-47(37-39-65(57)69)71-59-23-9-3-15-49(59)50-16-4-10-24-60(50)71)55-21-1-2-22-56(55)68(74)44-31-35-46(36-32-44)70-64-28-14-8-20-54(64)58-42-48(38-40-66(58)70)72-61-25-11-5-17-51(61)52-18-6-12-26-62(52)72/h1-42H. The number of fused-ring (bicyclic) bond motifs is 12. The third-order valence-corrected chi connectivity index (χ3v) is 15.2. The van der Waals surface area contributed by atoms with Gasteiger partial charge in [0.2, 0.25) is 0 Å². The summed E-state index contributed by atoms with van der Waals surface area (Å²) < 4.78 is 9.23. The molecule has 0 aliphatic carbocycles. The molecule has 0 saturated heterocycles. The summed E-state index contributed by atoms with van der Waals surface area (Å²) in [4.78, 5) is 29.0. The van der Waals surface area contributed by atoms with Crippen LogP contribution in [-0.4, -0.2) is 29.8 Å². The molecule has 346 valence electrons. The minimum absolute atomic E-state index is 0.208. The molecule has 15 aromatic rings. The molecule has 4 heterocycles. The van der Waals surface area contributed by atoms with Crippen LogP contribution in [0.4, 0.5) is 0 Å². The maximum atomic E-state index is 14.5. The maximum Gasteiger partial charge on any atom is 0.193 e. The van der Waals surface area contributed by atoms with Gasteiger partial charge in [0.1, 0.15) is 0 Å². The zero-order chi connectivity index (χ0) is 49.0. The summed E-state index contributed by atoms with van der Waals surface area (Å²) in [5.74, 6) is -0.415. The summed E-state index contributed by atoms with van der Waals surface area (Å²) in [5, 5.41) is 9.47. The fourth-order valence-corrected chi connectivity index (χ4v) is 11.9. The number of hydrogen-bond acceptors (Lipinski definition) is 2. The van der Waals surface area contributed by atoms with Gasteiger partial charge < -0.3 is 18.3 Å². The Morgan fingerprint density at radius 1 is 0.216 bits per heavy atom. The van der Waals surface area contributed by atoms with Crippen LogP contribution in [0, 0.1) is 0 Å². The van der Waals surface area contributed by atoms with E-state index in [0.717, 1.165) is 66.4 Å². The highest BCUT2D eigenvalue weighted by Crippen LogP contribution is 2.39. The van der Waals surface area contributed by atoms with Gasteiger partial charge in [-0.2, -0.15) is 0 Å². The molecule has 0 bridgehead atoms. The molecular formula is C68H42N4O2. The van der Waals surface area contributed by atoms with Crippen molar-refractivity contribution in [2.75, 3.05) is 0 Å². The smallest absolute Gasteiger partial charge is 0.193 e. The van der Waals surface area contributed by atoms with Crippen molar-refractivity contribution in [3.8, 4) is 22.7 Å². The highest BCUT2D eigenvalue weighted by molar-refractivity contribution is 6.20. The normalized spacial score (nSPS) is 11.9. The zero-order valence-electron chi connectivity index (χ0n) is 39.9. The molecule has 0 aliphatic heterocycles. The number of aromatic nitrogens is 4. The van der Waals surface area contributed by atoms with Gasteiger partial charge in [-0.15, -0.1) is 0 Å². The Morgan fingerprint density at radius 3 is 0.757 bits per heavy atom. The van der Waals surface area contributed by atoms with Gasteiger partial charge >= 0.3 is 0 Å². The first-order valence-corrected chi connectivity index (χ1v) is 25.0. The number of hydrogen-bond donors (Lipinski definition) is 0. The SMILES string of the molecule is O=C(c1ccc(-n2c3ccccc3c3cc(-n4c5ccccc5c5ccccc54)ccc32)cc1)c1ccccc1C(=O)c1ccc(-n2c3ccccc3c3cc(-n4c5ccccc5c5ccccc54)ccc32)cc1. The van der Waals surface area contributed by atoms with Crippen LogP contribution in [0.2, 0.25) is 0 Å². The van der Waals surface area contributed by atoms with E-state index in [1.165, 1.54) is 43.6 Å². The van der Waals surface area contributed by atoms with Crippen LogP contribution in [-0.2, 0) is 0 Å². The molecule has 0 amide bonds. The predicted molar refractivity (Wildman–Crippen MR) is 304 cm³/mol. The average Bonchev–Trinajstić information content (AvgIpc) is 4.23. The third-order valence-electron chi connectivity index (χ3n) is 15.2. The van der Waals surface area contributed by atoms with E-state index in [2.05, 4.69) is 200 Å². The van der Waals surface area contributed by atoms with E-state index in [9.17, 15) is 9.59 Å². The summed E-state index contributed by atoms with van der Waals surface area (Å²) in [6, 6.07) is 87.3. The number of benzene rings is 11. The molecule has 0 spiro atoms. The van der Waals surface area contributed by atoms with Crippen LogP contribution in [0.3, 0.4) is 0 Å². The number of nitrogens with zero attached hydrogens (tertiary/aromatic N) is 4. The number of rotatable bonds is 8. The molecule has 0 aliphatic rings. The molecule has 6 heteroatoms. The van der Waals surface area contributed by atoms with Gasteiger partial charge in [-0.1, -0.05) is 133 Å². The Hall–Kier alpha value is -10.0. The molecule has 4 aromatic heterocycles. The molecule has 0 saturated carbocycles. The van der Waals surface area contributed by atoms with Crippen LogP contribution in [0.15, 0.2) is 255 Å². The molecular weight excluding hydrogens is 905 g/mol. The molecule has 0 unspecified atom stereocenters. The maximum absolute atomic E-state index is 14.5. The first-order chi connectivity index (χ1) is 36.6. The van der Waals surface area contributed by atoms with Crippen molar-refractivity contribution in [3.63, 3.8) is 0 Å². The number of carbonyl (C=O) groups is 2. The second-order valence-electron chi connectivity index (χ2n) is 19.1. The van der Waals surface area contributed by atoms with Gasteiger partial charge in [-0.3, -0.25) is 9.59 Å². The van der Waals surface area contributed by atoms with Crippen molar-refractivity contribution in [2.45, 2.75) is 0 Å². The van der Waals surface area contributed by atoms with E-state index in [0.29, 0.717) is 22.3 Å². The van der Waals surface area contributed by atoms with Crippen LogP contribution >= 0.6 is 0 Å². The fourth-order valence-electron chi connectivity index (χ4n) is 11.9. The number of carbonyl (C=O) groups excluding carboxylic acids is 2. The van der Waals surface area contributed by atoms with Crippen LogP contribution in [0.1, 0.15) is 31.8 Å². The summed E-state index contributed by atoms with van der Waals surface area (Å²) in [7, 11) is 0. The Bertz CT molecular complexity index is 4400. The lowest BCUT2D eigenvalue weighted by Gasteiger charge is -2.12. The van der Waals surface area contributed by atoms with Gasteiger partial charge in [0.05, 0.1) is 44.1 Å². The first-order valence-electron chi connectivity index (χ1n) is 25.0. The van der Waals surface area contributed by atoms with Crippen molar-refractivity contribution >= 4 is 98.8 Å². The Labute approximate surface area is 424 Å². The second-order valence-corrected chi connectivity index (χ2v) is 19.1. The molecule has 0 atom stereocenters. The number of para-hydroxylation sites is 6. The van der Waals surface area contributed by atoms with Crippen LogP contribution in [0.25, 0.3) is 110 Å². The van der Waals surface area contributed by atoms with E-state index >= 15 is 0 Å². The summed E-state index contributed by atoms with van der Waals surface area (Å²) >= 11 is 0. The van der Waals surface area contributed by atoms with Crippen molar-refractivity contribution in [2.24, 2.45) is 0 Å². The van der Waals surface area contributed by atoms with Gasteiger partial charge in [0.15, 0.2) is 11.6 Å². The predicted octanol–water partition coefficient (Wildman–Crippen LogP) is 16.5. The fraction of sp³-hybridized carbons (Fsp3) is 0. The number of ketones is 2. The Kier molecular flexibility index (Phi) is 9.16. The van der Waals surface area contributed by atoms with Gasteiger partial charge in [0.25, 0.3) is 0 Å². The topological polar surface area (TPSA) is 53.9 Å². The molecule has 74 heavy (non-hydrogen) atoms. The van der Waals surface area contributed by atoms with Crippen molar-refractivity contribution in [3.05, 3.63) is 277 Å². The molecule has 6 nitrogen and oxygen atoms in total. The molecule has 0 radical (unpaired) electrons. The van der Waals surface area contributed by atoms with E-state index in [1.807, 2.05) is 60.7 Å². The lowest BCUT2D eigenvalue weighted by Crippen LogP contribution is -2.11. The van der Waals surface area contributed by atoms with Crippen molar-refractivity contribution in [1.82, 2.24) is 18.3 Å². The molecule has 15 rings (SSSR count). The highest BCUT2D eigenvalue weighted by Gasteiger charge is 2.22. The van der Waals surface area contributed by atoms with Crippen LogP contribution in [0.5, 0.6) is 0 Å². The minimum atomic E-state index is -0.208. The average molecular weight is 947 g/mol. The van der Waals surface area contributed by atoms with E-state index in [1.54, 1.807) is 12.1 Å². The zero-order valence-corrected chi connectivity index (χ0v) is 39.9. The quantitative estimate of drug-likeness (QED) is 0.143. The van der Waals surface area contributed by atoms with E-state index in [4.69, 9.17) is 0 Å². The first kappa shape index (κ1) is 41.7. The third kappa shape index (κ3) is 6.18. The van der Waals surface area contributed by atoms with Crippen molar-refractivity contribution < 1.29 is 9.59 Å². The molecule has 0 fully saturated rings. The minimum Gasteiger partial charge on any atom is -0.309 e. The monoisotopic (exact) mass is 946 g/mol. The van der Waals surface area contributed by atoms with Gasteiger partial charge in [0, 0.05) is 88.1 Å². The van der Waals surface area contributed by atoms with E-state index < -0.39 is 0 Å².